The fourth-order valence-corrected chi connectivity index (χ4v) is 2.43. The lowest BCUT2D eigenvalue weighted by Crippen LogP contribution is -2.38. The van der Waals surface area contributed by atoms with Gasteiger partial charge in [-0.05, 0) is 48.8 Å². The van der Waals surface area contributed by atoms with Crippen molar-refractivity contribution in [1.29, 1.82) is 0 Å². The van der Waals surface area contributed by atoms with Crippen LogP contribution in [0.25, 0.3) is 0 Å². The first-order valence-corrected chi connectivity index (χ1v) is 10.2. The number of anilines is 1. The number of nitrogens with two attached hydrogens (primary N) is 2. The summed E-state index contributed by atoms with van der Waals surface area (Å²) in [5.74, 6) is -0.916. The maximum atomic E-state index is 11.3. The third-order valence-corrected chi connectivity index (χ3v) is 3.89. The molecule has 0 amide bonds. The Morgan fingerprint density at radius 1 is 1.16 bits per heavy atom. The fraction of sp³-hybridized carbons (Fsp3) is 0.240. The number of phenols is 1. The van der Waals surface area contributed by atoms with E-state index in [0.29, 0.717) is 13.0 Å². The number of aliphatic carboxylic acids is 1. The smallest absolute Gasteiger partial charge is 0.321 e. The van der Waals surface area contributed by atoms with Gasteiger partial charge in [-0.25, -0.2) is 0 Å². The molecule has 6 nitrogen and oxygen atoms in total. The summed E-state index contributed by atoms with van der Waals surface area (Å²) in [6.45, 7) is 9.89. The minimum atomic E-state index is -0.919. The summed E-state index contributed by atoms with van der Waals surface area (Å²) in [5.41, 5.74) is 13.8. The Bertz CT molecular complexity index is 846. The molecule has 0 saturated heterocycles. The highest BCUT2D eigenvalue weighted by molar-refractivity contribution is 5.74. The molecule has 1 unspecified atom stereocenters. The molecule has 6 heteroatoms. The van der Waals surface area contributed by atoms with E-state index in [0.717, 1.165) is 16.8 Å². The number of aromatic hydroxyl groups is 1. The first-order valence-electron chi connectivity index (χ1n) is 10.2. The van der Waals surface area contributed by atoms with E-state index in [2.05, 4.69) is 11.9 Å². The maximum Gasteiger partial charge on any atom is 0.321 e. The first-order chi connectivity index (χ1) is 14.9. The van der Waals surface area contributed by atoms with Gasteiger partial charge in [-0.2, -0.15) is 0 Å². The van der Waals surface area contributed by atoms with Gasteiger partial charge in [0.25, 0.3) is 0 Å². The Morgan fingerprint density at radius 3 is 2.32 bits per heavy atom. The van der Waals surface area contributed by atoms with Crippen LogP contribution in [0.1, 0.15) is 31.9 Å². The van der Waals surface area contributed by atoms with Gasteiger partial charge in [0.1, 0.15) is 11.8 Å². The molecule has 1 atom stereocenters. The van der Waals surface area contributed by atoms with Gasteiger partial charge in [-0.3, -0.25) is 4.79 Å². The van der Waals surface area contributed by atoms with Crippen molar-refractivity contribution in [2.24, 2.45) is 5.73 Å². The third-order valence-electron chi connectivity index (χ3n) is 3.89. The number of rotatable bonds is 8. The van der Waals surface area contributed by atoms with Crippen LogP contribution >= 0.6 is 0 Å². The van der Waals surface area contributed by atoms with E-state index in [1.165, 1.54) is 6.07 Å². The lowest BCUT2D eigenvalue weighted by molar-refractivity contribution is -0.139. The highest BCUT2D eigenvalue weighted by atomic mass is 16.4. The summed E-state index contributed by atoms with van der Waals surface area (Å²) in [6, 6.07) is 13.6. The number of hydrogen-bond acceptors (Lipinski definition) is 5. The predicted molar refractivity (Wildman–Crippen MR) is 130 cm³/mol. The van der Waals surface area contributed by atoms with E-state index >= 15 is 0 Å². The van der Waals surface area contributed by atoms with E-state index in [1.54, 1.807) is 24.3 Å². The third kappa shape index (κ3) is 11.9. The summed E-state index contributed by atoms with van der Waals surface area (Å²) in [6.07, 6.45) is 7.42. The number of allylic oxidation sites excluding steroid dienone is 4. The molecule has 2 rings (SSSR count). The van der Waals surface area contributed by atoms with Crippen LogP contribution in [0.15, 0.2) is 85.1 Å². The first kappa shape index (κ1) is 27.5. The van der Waals surface area contributed by atoms with Crippen LogP contribution in [-0.4, -0.2) is 22.2 Å². The number of benzene rings is 2. The molecule has 0 spiro atoms. The summed E-state index contributed by atoms with van der Waals surface area (Å²) < 4.78 is 0. The molecule has 0 fully saturated rings. The minimum Gasteiger partial charge on any atom is -0.506 e. The molecule has 2 aromatic carbocycles. The lowest BCUT2D eigenvalue weighted by atomic mass is 10.0. The number of nitrogen functional groups attached to an aromatic ring is 1. The van der Waals surface area contributed by atoms with Crippen LogP contribution in [-0.2, 0) is 17.8 Å². The molecule has 0 bridgehead atoms. The van der Waals surface area contributed by atoms with Gasteiger partial charge in [-0.15, -0.1) is 0 Å². The summed E-state index contributed by atoms with van der Waals surface area (Å²) in [5, 5.41) is 21.7. The second kappa shape index (κ2) is 16.3. The highest BCUT2D eigenvalue weighted by Crippen LogP contribution is 2.21. The second-order valence-corrected chi connectivity index (χ2v) is 6.26. The molecule has 168 valence electrons. The molecule has 0 heterocycles. The zero-order valence-corrected chi connectivity index (χ0v) is 18.6. The molecule has 0 saturated carbocycles. The van der Waals surface area contributed by atoms with Crippen molar-refractivity contribution in [1.82, 2.24) is 5.32 Å². The summed E-state index contributed by atoms with van der Waals surface area (Å²) in [7, 11) is 0. The number of carboxylic acid groups (broad SMARTS) is 1. The van der Waals surface area contributed by atoms with E-state index in [9.17, 15) is 15.0 Å². The van der Waals surface area contributed by atoms with E-state index < -0.39 is 12.0 Å². The fourth-order valence-electron chi connectivity index (χ4n) is 2.43. The highest BCUT2D eigenvalue weighted by Gasteiger charge is 2.17. The van der Waals surface area contributed by atoms with Crippen LogP contribution in [0.2, 0.25) is 0 Å². The second-order valence-electron chi connectivity index (χ2n) is 6.26. The molecule has 0 radical (unpaired) electrons. The van der Waals surface area contributed by atoms with Gasteiger partial charge in [0, 0.05) is 12.2 Å². The van der Waals surface area contributed by atoms with Crippen molar-refractivity contribution in [2.75, 3.05) is 5.73 Å². The van der Waals surface area contributed by atoms with E-state index in [1.807, 2.05) is 63.3 Å². The summed E-state index contributed by atoms with van der Waals surface area (Å²) in [4.78, 5) is 11.3. The molecule has 0 aliphatic heterocycles. The molecule has 0 aliphatic rings. The average molecular weight is 426 g/mol. The van der Waals surface area contributed by atoms with Gasteiger partial charge in [0.05, 0.1) is 5.69 Å². The van der Waals surface area contributed by atoms with Crippen molar-refractivity contribution < 1.29 is 15.0 Å². The van der Waals surface area contributed by atoms with Gasteiger partial charge < -0.3 is 27.0 Å². The van der Waals surface area contributed by atoms with Crippen LogP contribution in [0, 0.1) is 0 Å². The van der Waals surface area contributed by atoms with Crippen LogP contribution in [0.5, 0.6) is 5.75 Å². The van der Waals surface area contributed by atoms with Gasteiger partial charge in [0.2, 0.25) is 0 Å². The molecule has 7 N–H and O–H groups in total. The van der Waals surface area contributed by atoms with Crippen molar-refractivity contribution >= 4 is 11.7 Å². The number of carboxylic acids is 1. The van der Waals surface area contributed by atoms with Gasteiger partial charge in [0.15, 0.2) is 0 Å². The van der Waals surface area contributed by atoms with E-state index in [4.69, 9.17) is 11.5 Å². The van der Waals surface area contributed by atoms with Crippen molar-refractivity contribution in [3.05, 3.63) is 96.2 Å². The SMILES string of the molecule is C=C/C=C(N)\C=C/C.CC.Nc1cc(CC(NCc2ccccc2)C(=O)O)ccc1O. The normalized spacial score (nSPS) is 11.5. The Hall–Kier alpha value is -3.51. The lowest BCUT2D eigenvalue weighted by Gasteiger charge is -2.15. The van der Waals surface area contributed by atoms with Crippen molar-refractivity contribution in [3.63, 3.8) is 0 Å². The zero-order valence-electron chi connectivity index (χ0n) is 18.6. The Balaban J connectivity index is 0.000000762. The number of nitrogens with one attached hydrogen (secondary N) is 1. The van der Waals surface area contributed by atoms with Crippen LogP contribution in [0.4, 0.5) is 5.69 Å². The number of hydrogen-bond donors (Lipinski definition) is 5. The molecule has 31 heavy (non-hydrogen) atoms. The average Bonchev–Trinajstić information content (AvgIpc) is 2.76. The van der Waals surface area contributed by atoms with Gasteiger partial charge >= 0.3 is 5.97 Å². The molecular weight excluding hydrogens is 390 g/mol. The Labute approximate surface area is 185 Å². The monoisotopic (exact) mass is 425 g/mol. The quantitative estimate of drug-likeness (QED) is 0.243. The summed E-state index contributed by atoms with van der Waals surface area (Å²) >= 11 is 0. The molecule has 0 aromatic heterocycles. The minimum absolute atomic E-state index is 0.00266. The van der Waals surface area contributed by atoms with Crippen LogP contribution < -0.4 is 16.8 Å². The largest absolute Gasteiger partial charge is 0.506 e. The zero-order chi connectivity index (χ0) is 23.6. The maximum absolute atomic E-state index is 11.3. The Morgan fingerprint density at radius 2 is 1.81 bits per heavy atom. The Kier molecular flexibility index (Phi) is 14.5. The predicted octanol–water partition coefficient (Wildman–Crippen LogP) is 4.38. The van der Waals surface area contributed by atoms with Crippen molar-refractivity contribution in [2.45, 2.75) is 39.8 Å². The molecular formula is C25H35N3O3. The molecule has 0 aliphatic carbocycles. The van der Waals surface area contributed by atoms with Crippen LogP contribution in [0.3, 0.4) is 0 Å². The molecule has 2 aromatic rings. The standard InChI is InChI=1S/C16H18N2O3.C7H11N.C2H6/c17-13-8-12(6-7-15(13)19)9-14(16(20)21)18-10-11-4-2-1-3-5-11;1-3-5-7(8)6-4-2;1-2/h1-8,14,18-19H,9-10,17H2,(H,20,21);3-6H,1,8H2,2H3;1-2H3/b;6-4-,7-5+;. The topological polar surface area (TPSA) is 122 Å². The number of phenolic OH excluding ortho intramolecular Hbond substituents is 1. The van der Waals surface area contributed by atoms with E-state index in [-0.39, 0.29) is 11.4 Å². The van der Waals surface area contributed by atoms with Crippen molar-refractivity contribution in [3.8, 4) is 5.75 Å². The van der Waals surface area contributed by atoms with Gasteiger partial charge in [-0.1, -0.05) is 69.0 Å². The number of carbonyl (C=O) groups is 1.